The summed E-state index contributed by atoms with van der Waals surface area (Å²) in [4.78, 5) is 12.6. The van der Waals surface area contributed by atoms with Crippen LogP contribution in [0.15, 0.2) is 18.2 Å². The molecule has 1 rings (SSSR count). The molecule has 8 heteroatoms. The van der Waals surface area contributed by atoms with Crippen LogP contribution in [-0.2, 0) is 0 Å². The third-order valence-corrected chi connectivity index (χ3v) is 3.23. The molecule has 1 aromatic carbocycles. The lowest BCUT2D eigenvalue weighted by molar-refractivity contribution is -0.140. The summed E-state index contributed by atoms with van der Waals surface area (Å²) in [5, 5.41) is 0. The fourth-order valence-corrected chi connectivity index (χ4v) is 2.32. The Balaban J connectivity index is 2.99. The van der Waals surface area contributed by atoms with Crippen molar-refractivity contribution in [1.82, 2.24) is 4.90 Å². The molecule has 0 saturated carbocycles. The zero-order valence-electron chi connectivity index (χ0n) is 9.48. The second kappa shape index (κ2) is 6.74. The van der Waals surface area contributed by atoms with Crippen LogP contribution in [-0.4, -0.2) is 36.0 Å². The van der Waals surface area contributed by atoms with E-state index in [0.717, 1.165) is 18.2 Å². The Bertz CT molecular complexity index is 466. The number of rotatable bonds is 4. The lowest BCUT2D eigenvalue weighted by Crippen LogP contribution is -2.40. The maximum Gasteiger partial charge on any atom is 0.406 e. The average molecular weight is 410 g/mol. The van der Waals surface area contributed by atoms with E-state index in [2.05, 4.69) is 0 Å². The molecule has 0 aliphatic heterocycles. The average Bonchev–Trinajstić information content (AvgIpc) is 2.26. The van der Waals surface area contributed by atoms with Gasteiger partial charge in [0.25, 0.3) is 5.91 Å². The maximum absolute atomic E-state index is 12.9. The molecule has 0 aliphatic rings. The summed E-state index contributed by atoms with van der Waals surface area (Å²) in [6.07, 6.45) is -4.51. The van der Waals surface area contributed by atoms with Gasteiger partial charge in [-0.25, -0.2) is 4.39 Å². The molecule has 2 nitrogen and oxygen atoms in total. The van der Waals surface area contributed by atoms with Gasteiger partial charge in [-0.15, -0.1) is 11.6 Å². The van der Waals surface area contributed by atoms with E-state index in [1.54, 1.807) is 22.6 Å². The van der Waals surface area contributed by atoms with Crippen LogP contribution in [0, 0.1) is 9.39 Å². The largest absolute Gasteiger partial charge is 0.406 e. The summed E-state index contributed by atoms with van der Waals surface area (Å²) in [6, 6.07) is 3.28. The fraction of sp³-hybridized carbons (Fsp3) is 0.364. The van der Waals surface area contributed by atoms with E-state index in [-0.39, 0.29) is 21.6 Å². The molecule has 0 aromatic heterocycles. The van der Waals surface area contributed by atoms with E-state index < -0.39 is 24.4 Å². The number of nitrogens with zero attached hydrogens (tertiary/aromatic N) is 1. The molecule has 0 radical (unpaired) electrons. The van der Waals surface area contributed by atoms with E-state index in [1.165, 1.54) is 0 Å². The monoisotopic (exact) mass is 409 g/mol. The molecule has 0 heterocycles. The van der Waals surface area contributed by atoms with Crippen LogP contribution in [0.25, 0.3) is 0 Å². The molecule has 106 valence electrons. The second-order valence-corrected chi connectivity index (χ2v) is 5.20. The standard InChI is InChI=1S/C11H9ClF4INO/c12-3-4-18(6-11(14,15)16)10(19)8-2-1-7(13)5-9(8)17/h1-2,5H,3-4,6H2. The molecule has 0 bridgehead atoms. The van der Waals surface area contributed by atoms with Gasteiger partial charge in [0.1, 0.15) is 12.4 Å². The molecule has 0 N–H and O–H groups in total. The number of alkyl halides is 4. The first-order valence-electron chi connectivity index (χ1n) is 5.11. The van der Waals surface area contributed by atoms with Gasteiger partial charge in [-0.2, -0.15) is 13.2 Å². The Morgan fingerprint density at radius 3 is 2.47 bits per heavy atom. The van der Waals surface area contributed by atoms with Crippen LogP contribution in [0.4, 0.5) is 17.6 Å². The molecule has 0 spiro atoms. The third kappa shape index (κ3) is 5.13. The second-order valence-electron chi connectivity index (χ2n) is 3.66. The molecule has 0 aliphatic carbocycles. The van der Waals surface area contributed by atoms with Gasteiger partial charge in [0.2, 0.25) is 0 Å². The lowest BCUT2D eigenvalue weighted by atomic mass is 10.2. The Kier molecular flexibility index (Phi) is 5.84. The van der Waals surface area contributed by atoms with E-state index in [0.29, 0.717) is 4.90 Å². The topological polar surface area (TPSA) is 20.3 Å². The number of amides is 1. The Labute approximate surface area is 125 Å². The van der Waals surface area contributed by atoms with Crippen molar-refractivity contribution in [3.63, 3.8) is 0 Å². The number of carbonyl (C=O) groups is 1. The van der Waals surface area contributed by atoms with Crippen LogP contribution >= 0.6 is 34.2 Å². The number of halogens is 6. The van der Waals surface area contributed by atoms with Crippen LogP contribution in [0.5, 0.6) is 0 Å². The summed E-state index contributed by atoms with van der Waals surface area (Å²) >= 11 is 7.10. The van der Waals surface area contributed by atoms with Gasteiger partial charge in [0, 0.05) is 16.0 Å². The Morgan fingerprint density at radius 2 is 2.00 bits per heavy atom. The van der Waals surface area contributed by atoms with Gasteiger partial charge < -0.3 is 4.90 Å². The molecular weight excluding hydrogens is 400 g/mol. The molecule has 0 unspecified atom stereocenters. The zero-order chi connectivity index (χ0) is 14.6. The smallest absolute Gasteiger partial charge is 0.328 e. The van der Waals surface area contributed by atoms with Gasteiger partial charge in [-0.3, -0.25) is 4.79 Å². The highest BCUT2D eigenvalue weighted by Crippen LogP contribution is 2.20. The van der Waals surface area contributed by atoms with Crippen LogP contribution in [0.1, 0.15) is 10.4 Å². The number of hydrogen-bond acceptors (Lipinski definition) is 1. The van der Waals surface area contributed by atoms with Gasteiger partial charge in [0.05, 0.1) is 5.56 Å². The molecule has 1 amide bonds. The number of carbonyl (C=O) groups excluding carboxylic acids is 1. The third-order valence-electron chi connectivity index (χ3n) is 2.17. The first kappa shape index (κ1) is 16.5. The summed E-state index contributed by atoms with van der Waals surface area (Å²) < 4.78 is 50.3. The quantitative estimate of drug-likeness (QED) is 0.422. The van der Waals surface area contributed by atoms with Crippen molar-refractivity contribution >= 4 is 40.1 Å². The first-order chi connectivity index (χ1) is 8.74. The number of benzene rings is 1. The lowest BCUT2D eigenvalue weighted by Gasteiger charge is -2.23. The van der Waals surface area contributed by atoms with Crippen molar-refractivity contribution in [1.29, 1.82) is 0 Å². The minimum absolute atomic E-state index is 0.0244. The van der Waals surface area contributed by atoms with Crippen molar-refractivity contribution in [3.05, 3.63) is 33.1 Å². The Morgan fingerprint density at radius 1 is 1.37 bits per heavy atom. The van der Waals surface area contributed by atoms with Crippen molar-refractivity contribution < 1.29 is 22.4 Å². The van der Waals surface area contributed by atoms with Crippen molar-refractivity contribution in [2.45, 2.75) is 6.18 Å². The summed E-state index contributed by atoms with van der Waals surface area (Å²) in [5.74, 6) is -1.48. The molecule has 0 atom stereocenters. The predicted octanol–water partition coefficient (Wildman–Crippen LogP) is 3.67. The predicted molar refractivity (Wildman–Crippen MR) is 71.8 cm³/mol. The summed E-state index contributed by atoms with van der Waals surface area (Å²) in [6.45, 7) is -1.61. The Hall–Kier alpha value is -0.570. The van der Waals surface area contributed by atoms with E-state index in [1.807, 2.05) is 0 Å². The molecule has 1 aromatic rings. The zero-order valence-corrected chi connectivity index (χ0v) is 12.4. The normalized spacial score (nSPS) is 11.5. The van der Waals surface area contributed by atoms with E-state index >= 15 is 0 Å². The van der Waals surface area contributed by atoms with Crippen LogP contribution in [0.2, 0.25) is 0 Å². The van der Waals surface area contributed by atoms with Crippen molar-refractivity contribution in [3.8, 4) is 0 Å². The minimum atomic E-state index is -4.51. The minimum Gasteiger partial charge on any atom is -0.328 e. The highest BCUT2D eigenvalue weighted by Gasteiger charge is 2.33. The van der Waals surface area contributed by atoms with Gasteiger partial charge in [-0.1, -0.05) is 0 Å². The maximum atomic E-state index is 12.9. The first-order valence-corrected chi connectivity index (χ1v) is 6.73. The summed E-state index contributed by atoms with van der Waals surface area (Å²) in [7, 11) is 0. The highest BCUT2D eigenvalue weighted by atomic mass is 127. The van der Waals surface area contributed by atoms with Crippen LogP contribution in [0.3, 0.4) is 0 Å². The highest BCUT2D eigenvalue weighted by molar-refractivity contribution is 14.1. The SMILES string of the molecule is O=C(c1ccc(F)cc1I)N(CCCl)CC(F)(F)F. The fourth-order valence-electron chi connectivity index (χ4n) is 1.40. The van der Waals surface area contributed by atoms with Crippen molar-refractivity contribution in [2.75, 3.05) is 19.0 Å². The molecular formula is C11H9ClF4INO. The van der Waals surface area contributed by atoms with Crippen LogP contribution < -0.4 is 0 Å². The number of hydrogen-bond donors (Lipinski definition) is 0. The van der Waals surface area contributed by atoms with Gasteiger partial charge in [0.15, 0.2) is 0 Å². The van der Waals surface area contributed by atoms with Crippen molar-refractivity contribution in [2.24, 2.45) is 0 Å². The van der Waals surface area contributed by atoms with E-state index in [9.17, 15) is 22.4 Å². The van der Waals surface area contributed by atoms with E-state index in [4.69, 9.17) is 11.6 Å². The molecule has 19 heavy (non-hydrogen) atoms. The molecule has 0 fully saturated rings. The van der Waals surface area contributed by atoms with Gasteiger partial charge in [-0.05, 0) is 40.8 Å². The molecule has 0 saturated heterocycles. The summed E-state index contributed by atoms with van der Waals surface area (Å²) in [5.41, 5.74) is 0.0244. The van der Waals surface area contributed by atoms with Gasteiger partial charge >= 0.3 is 6.18 Å².